The third-order valence-corrected chi connectivity index (χ3v) is 6.60. The van der Waals surface area contributed by atoms with Crippen LogP contribution in [0.1, 0.15) is 47.0 Å². The number of halogens is 1. The van der Waals surface area contributed by atoms with E-state index in [1.165, 1.54) is 11.0 Å². The Morgan fingerprint density at radius 1 is 0.686 bits per heavy atom. The Morgan fingerprint density at radius 2 is 1.23 bits per heavy atom. The van der Waals surface area contributed by atoms with Crippen molar-refractivity contribution in [3.8, 4) is 0 Å². The summed E-state index contributed by atoms with van der Waals surface area (Å²) in [5.41, 5.74) is 2.30. The van der Waals surface area contributed by atoms with Gasteiger partial charge in [-0.1, -0.05) is 41.9 Å². The maximum absolute atomic E-state index is 13.1. The first-order chi connectivity index (χ1) is 16.9. The Bertz CT molecular complexity index is 1320. The fourth-order valence-electron chi connectivity index (χ4n) is 4.40. The lowest BCUT2D eigenvalue weighted by atomic mass is 10.0. The van der Waals surface area contributed by atoms with Gasteiger partial charge in [0.1, 0.15) is 0 Å². The molecule has 0 unspecified atom stereocenters. The van der Waals surface area contributed by atoms with Crippen LogP contribution in [0, 0.1) is 0 Å². The number of nitrogens with zero attached hydrogens (tertiary/aromatic N) is 3. The summed E-state index contributed by atoms with van der Waals surface area (Å²) < 4.78 is 0. The molecule has 0 aromatic heterocycles. The predicted octanol–water partition coefficient (Wildman–Crippen LogP) is 3.73. The van der Waals surface area contributed by atoms with Crippen LogP contribution in [0.3, 0.4) is 0 Å². The van der Waals surface area contributed by atoms with Gasteiger partial charge in [-0.15, -0.1) is 0 Å². The van der Waals surface area contributed by atoms with Crippen molar-refractivity contribution in [2.24, 2.45) is 0 Å². The van der Waals surface area contributed by atoms with Crippen molar-refractivity contribution in [1.29, 1.82) is 0 Å². The minimum absolute atomic E-state index is 0.103. The third kappa shape index (κ3) is 4.42. The topological polar surface area (TPSA) is 78.0 Å². The Balaban J connectivity index is 1.26. The zero-order valence-electron chi connectivity index (χ0n) is 18.8. The number of amides is 4. The van der Waals surface area contributed by atoms with Gasteiger partial charge >= 0.3 is 0 Å². The zero-order chi connectivity index (χ0) is 24.5. The SMILES string of the molecule is O=C(c1ccc(Cl)cc1)N1CCN(C(=O)c2ccc3c(c2)C(=O)N(Cc2ccccc2)C3=O)CC1. The number of carbonyl (C=O) groups excluding carboxylic acids is 4. The second-order valence-corrected chi connectivity index (χ2v) is 8.97. The first kappa shape index (κ1) is 22.8. The molecule has 7 nitrogen and oxygen atoms in total. The lowest BCUT2D eigenvalue weighted by Crippen LogP contribution is -2.50. The monoisotopic (exact) mass is 487 g/mol. The van der Waals surface area contributed by atoms with Crippen LogP contribution < -0.4 is 0 Å². The van der Waals surface area contributed by atoms with Crippen LogP contribution in [0.4, 0.5) is 0 Å². The van der Waals surface area contributed by atoms with E-state index >= 15 is 0 Å². The average molecular weight is 488 g/mol. The lowest BCUT2D eigenvalue weighted by Gasteiger charge is -2.35. The summed E-state index contributed by atoms with van der Waals surface area (Å²) in [4.78, 5) is 56.2. The predicted molar refractivity (Wildman–Crippen MR) is 130 cm³/mol. The lowest BCUT2D eigenvalue weighted by molar-refractivity contribution is 0.0535. The van der Waals surface area contributed by atoms with Crippen LogP contribution in [-0.2, 0) is 6.54 Å². The van der Waals surface area contributed by atoms with Gasteiger partial charge in [0.2, 0.25) is 0 Å². The fourth-order valence-corrected chi connectivity index (χ4v) is 4.53. The number of fused-ring (bicyclic) bond motifs is 1. The van der Waals surface area contributed by atoms with Crippen molar-refractivity contribution in [1.82, 2.24) is 14.7 Å². The van der Waals surface area contributed by atoms with Gasteiger partial charge in [-0.25, -0.2) is 0 Å². The molecule has 0 spiro atoms. The van der Waals surface area contributed by atoms with Crippen LogP contribution in [0.2, 0.25) is 5.02 Å². The van der Waals surface area contributed by atoms with E-state index < -0.39 is 5.91 Å². The molecule has 176 valence electrons. The van der Waals surface area contributed by atoms with Gasteiger partial charge in [0.15, 0.2) is 0 Å². The molecule has 3 aromatic carbocycles. The molecule has 2 aliphatic rings. The van der Waals surface area contributed by atoms with Crippen molar-refractivity contribution in [3.05, 3.63) is 106 Å². The van der Waals surface area contributed by atoms with Crippen molar-refractivity contribution >= 4 is 35.2 Å². The molecule has 0 N–H and O–H groups in total. The fraction of sp³-hybridized carbons (Fsp3) is 0.185. The van der Waals surface area contributed by atoms with Gasteiger partial charge in [0.25, 0.3) is 23.6 Å². The number of carbonyl (C=O) groups is 4. The summed E-state index contributed by atoms with van der Waals surface area (Å²) in [5.74, 6) is -1.09. The molecule has 1 saturated heterocycles. The second-order valence-electron chi connectivity index (χ2n) is 8.53. The second kappa shape index (κ2) is 9.35. The summed E-state index contributed by atoms with van der Waals surface area (Å²) in [6.45, 7) is 1.74. The molecule has 2 heterocycles. The smallest absolute Gasteiger partial charge is 0.261 e. The van der Waals surface area contributed by atoms with Crippen molar-refractivity contribution in [2.75, 3.05) is 26.2 Å². The molecule has 0 atom stereocenters. The number of hydrogen-bond donors (Lipinski definition) is 0. The zero-order valence-corrected chi connectivity index (χ0v) is 19.6. The van der Waals surface area contributed by atoms with E-state index in [4.69, 9.17) is 11.6 Å². The van der Waals surface area contributed by atoms with E-state index in [9.17, 15) is 19.2 Å². The maximum atomic E-state index is 13.1. The van der Waals surface area contributed by atoms with E-state index in [1.807, 2.05) is 30.3 Å². The van der Waals surface area contributed by atoms with Crippen LogP contribution in [0.15, 0.2) is 72.8 Å². The Kier molecular flexibility index (Phi) is 6.09. The molecule has 4 amide bonds. The number of imide groups is 1. The highest BCUT2D eigenvalue weighted by Crippen LogP contribution is 2.26. The van der Waals surface area contributed by atoms with Gasteiger partial charge in [0.05, 0.1) is 17.7 Å². The molecule has 0 aliphatic carbocycles. The molecule has 3 aromatic rings. The van der Waals surface area contributed by atoms with Gasteiger partial charge in [0, 0.05) is 42.3 Å². The Morgan fingerprint density at radius 3 is 1.86 bits per heavy atom. The summed E-state index contributed by atoms with van der Waals surface area (Å²) in [6.07, 6.45) is 0. The van der Waals surface area contributed by atoms with Crippen LogP contribution in [0.25, 0.3) is 0 Å². The van der Waals surface area contributed by atoms with E-state index in [1.54, 1.807) is 46.2 Å². The minimum atomic E-state index is -0.401. The normalized spacial score (nSPS) is 15.4. The first-order valence-electron chi connectivity index (χ1n) is 11.3. The summed E-state index contributed by atoms with van der Waals surface area (Å²) in [5, 5.41) is 0.565. The van der Waals surface area contributed by atoms with Crippen LogP contribution in [-0.4, -0.2) is 64.5 Å². The highest BCUT2D eigenvalue weighted by atomic mass is 35.5. The van der Waals surface area contributed by atoms with Crippen LogP contribution >= 0.6 is 11.6 Å². The molecule has 2 aliphatic heterocycles. The highest BCUT2D eigenvalue weighted by molar-refractivity contribution is 6.30. The quantitative estimate of drug-likeness (QED) is 0.525. The summed E-state index contributed by atoms with van der Waals surface area (Å²) in [7, 11) is 0. The third-order valence-electron chi connectivity index (χ3n) is 6.35. The number of piperazine rings is 1. The molecular weight excluding hydrogens is 466 g/mol. The number of hydrogen-bond acceptors (Lipinski definition) is 4. The summed E-state index contributed by atoms with van der Waals surface area (Å²) >= 11 is 5.90. The number of rotatable bonds is 4. The van der Waals surface area contributed by atoms with Gasteiger partial charge in [-0.3, -0.25) is 24.1 Å². The minimum Gasteiger partial charge on any atom is -0.335 e. The standard InChI is InChI=1S/C27H22ClN3O4/c28-21-9-6-19(7-10-21)24(32)29-12-14-30(15-13-29)25(33)20-8-11-22-23(16-20)27(35)31(26(22)34)17-18-4-2-1-3-5-18/h1-11,16H,12-15,17H2. The first-order valence-corrected chi connectivity index (χ1v) is 11.7. The van der Waals surface area contributed by atoms with Gasteiger partial charge < -0.3 is 9.80 Å². The molecule has 8 heteroatoms. The Labute approximate surface area is 207 Å². The highest BCUT2D eigenvalue weighted by Gasteiger charge is 2.36. The molecule has 5 rings (SSSR count). The van der Waals surface area contributed by atoms with Gasteiger partial charge in [-0.05, 0) is 48.0 Å². The van der Waals surface area contributed by atoms with Crippen LogP contribution in [0.5, 0.6) is 0 Å². The van der Waals surface area contributed by atoms with E-state index in [2.05, 4.69) is 0 Å². The van der Waals surface area contributed by atoms with E-state index in [0.717, 1.165) is 5.56 Å². The summed E-state index contributed by atoms with van der Waals surface area (Å²) in [6, 6.07) is 20.7. The van der Waals surface area contributed by atoms with E-state index in [-0.39, 0.29) is 29.8 Å². The molecular formula is C27H22ClN3O4. The largest absolute Gasteiger partial charge is 0.335 e. The molecule has 35 heavy (non-hydrogen) atoms. The maximum Gasteiger partial charge on any atom is 0.261 e. The van der Waals surface area contributed by atoms with Gasteiger partial charge in [-0.2, -0.15) is 0 Å². The average Bonchev–Trinajstić information content (AvgIpc) is 3.13. The van der Waals surface area contributed by atoms with Crippen molar-refractivity contribution in [2.45, 2.75) is 6.54 Å². The number of benzene rings is 3. The molecule has 1 fully saturated rings. The van der Waals surface area contributed by atoms with Crippen molar-refractivity contribution < 1.29 is 19.2 Å². The Hall–Kier alpha value is -3.97. The molecule has 0 bridgehead atoms. The van der Waals surface area contributed by atoms with E-state index in [0.29, 0.717) is 47.9 Å². The molecule has 0 saturated carbocycles. The van der Waals surface area contributed by atoms with Crippen molar-refractivity contribution in [3.63, 3.8) is 0 Å². The molecule has 0 radical (unpaired) electrons.